The molecule has 0 saturated heterocycles. The summed E-state index contributed by atoms with van der Waals surface area (Å²) in [6.07, 6.45) is 0.367. The second kappa shape index (κ2) is 13.7. The standard InChI is InChI=1S/C26H31BrN4O8/c1-6-38-21-9-15(24-23(25(33)37-5)14(2)29-26(34)30-24)7-8-18(21)39-13-22(32)31-28-12-16-10-19(35-3)20(36-4)11-17(16)27/h7-12,22,24,31-32H,6,13H2,1-5H3,(H2,29,30,34)/b28-12-/t22-,24-/m0/s1. The molecule has 1 aliphatic rings. The number of halogens is 1. The first kappa shape index (κ1) is 29.6. The second-order valence-corrected chi connectivity index (χ2v) is 9.00. The fourth-order valence-corrected chi connectivity index (χ4v) is 4.21. The molecule has 0 fully saturated rings. The molecule has 0 bridgehead atoms. The Hall–Kier alpha value is -3.97. The van der Waals surface area contributed by atoms with Crippen LogP contribution in [0.1, 0.15) is 31.0 Å². The van der Waals surface area contributed by atoms with Gasteiger partial charge in [-0.05, 0) is 59.6 Å². The largest absolute Gasteiger partial charge is 0.493 e. The number of urea groups is 1. The van der Waals surface area contributed by atoms with E-state index in [9.17, 15) is 14.7 Å². The summed E-state index contributed by atoms with van der Waals surface area (Å²) in [6.45, 7) is 3.62. The molecular weight excluding hydrogens is 576 g/mol. The van der Waals surface area contributed by atoms with Gasteiger partial charge >= 0.3 is 12.0 Å². The monoisotopic (exact) mass is 606 g/mol. The van der Waals surface area contributed by atoms with Gasteiger partial charge in [-0.15, -0.1) is 0 Å². The van der Waals surface area contributed by atoms with E-state index in [0.717, 1.165) is 4.47 Å². The average Bonchev–Trinajstić information content (AvgIpc) is 2.92. The van der Waals surface area contributed by atoms with Gasteiger partial charge in [0.25, 0.3) is 0 Å². The molecule has 2 atom stereocenters. The third-order valence-corrected chi connectivity index (χ3v) is 6.29. The molecule has 0 aromatic heterocycles. The second-order valence-electron chi connectivity index (χ2n) is 8.14. The third kappa shape index (κ3) is 7.33. The summed E-state index contributed by atoms with van der Waals surface area (Å²) < 4.78 is 27.7. The molecule has 39 heavy (non-hydrogen) atoms. The molecule has 0 spiro atoms. The number of benzene rings is 2. The van der Waals surface area contributed by atoms with Crippen molar-refractivity contribution in [3.63, 3.8) is 0 Å². The van der Waals surface area contributed by atoms with Gasteiger partial charge in [0.2, 0.25) is 0 Å². The number of nitrogens with one attached hydrogen (secondary N) is 3. The molecule has 2 aromatic carbocycles. The van der Waals surface area contributed by atoms with Crippen LogP contribution in [0, 0.1) is 0 Å². The highest BCUT2D eigenvalue weighted by Gasteiger charge is 2.32. The maximum absolute atomic E-state index is 12.4. The lowest BCUT2D eigenvalue weighted by molar-refractivity contribution is -0.136. The molecule has 4 N–H and O–H groups in total. The number of methoxy groups -OCH3 is 3. The predicted molar refractivity (Wildman–Crippen MR) is 146 cm³/mol. The normalized spacial score (nSPS) is 15.8. The quantitative estimate of drug-likeness (QED) is 0.124. The van der Waals surface area contributed by atoms with Crippen molar-refractivity contribution >= 4 is 34.1 Å². The number of hydrogen-bond acceptors (Lipinski definition) is 10. The molecule has 0 unspecified atom stereocenters. The predicted octanol–water partition coefficient (Wildman–Crippen LogP) is 2.99. The summed E-state index contributed by atoms with van der Waals surface area (Å²) in [4.78, 5) is 24.5. The van der Waals surface area contributed by atoms with Crippen LogP contribution in [-0.4, -0.2) is 64.1 Å². The summed E-state index contributed by atoms with van der Waals surface area (Å²) in [5.41, 5.74) is 4.55. The smallest absolute Gasteiger partial charge is 0.337 e. The Balaban J connectivity index is 1.71. The van der Waals surface area contributed by atoms with E-state index in [-0.39, 0.29) is 12.2 Å². The number of aliphatic hydroxyl groups excluding tert-OH is 1. The zero-order chi connectivity index (χ0) is 28.5. The summed E-state index contributed by atoms with van der Waals surface area (Å²) in [5, 5.41) is 19.7. The van der Waals surface area contributed by atoms with Crippen LogP contribution in [0.2, 0.25) is 0 Å². The van der Waals surface area contributed by atoms with Crippen molar-refractivity contribution in [1.29, 1.82) is 0 Å². The number of carbonyl (C=O) groups is 2. The van der Waals surface area contributed by atoms with Gasteiger partial charge in [-0.1, -0.05) is 6.07 Å². The van der Waals surface area contributed by atoms with Gasteiger partial charge in [0.05, 0.1) is 45.8 Å². The Bertz CT molecular complexity index is 1270. The van der Waals surface area contributed by atoms with Gasteiger partial charge in [0.1, 0.15) is 6.61 Å². The number of rotatable bonds is 12. The minimum atomic E-state index is -1.14. The lowest BCUT2D eigenvalue weighted by atomic mass is 9.95. The molecule has 2 aromatic rings. The van der Waals surface area contributed by atoms with Crippen molar-refractivity contribution in [3.8, 4) is 23.0 Å². The van der Waals surface area contributed by atoms with Crippen molar-refractivity contribution in [2.45, 2.75) is 26.1 Å². The molecule has 13 heteroatoms. The summed E-state index contributed by atoms with van der Waals surface area (Å²) in [6, 6.07) is 7.28. The zero-order valence-electron chi connectivity index (χ0n) is 22.2. The molecule has 1 heterocycles. The number of allylic oxidation sites excluding steroid dienone is 1. The van der Waals surface area contributed by atoms with Crippen LogP contribution in [0.15, 0.2) is 51.2 Å². The van der Waals surface area contributed by atoms with E-state index in [1.165, 1.54) is 20.4 Å². The van der Waals surface area contributed by atoms with Crippen LogP contribution in [0.3, 0.4) is 0 Å². The average molecular weight is 607 g/mol. The molecular formula is C26H31BrN4O8. The summed E-state index contributed by atoms with van der Waals surface area (Å²) >= 11 is 3.45. The number of hydrogen-bond donors (Lipinski definition) is 4. The van der Waals surface area contributed by atoms with Gasteiger partial charge in [-0.25, -0.2) is 9.59 Å². The molecule has 0 saturated carbocycles. The van der Waals surface area contributed by atoms with Gasteiger partial charge in [0.15, 0.2) is 29.2 Å². The molecule has 0 aliphatic carbocycles. The highest BCUT2D eigenvalue weighted by Crippen LogP contribution is 2.35. The van der Waals surface area contributed by atoms with Crippen molar-refractivity contribution in [3.05, 3.63) is 57.2 Å². The number of nitrogens with zero attached hydrogens (tertiary/aromatic N) is 1. The van der Waals surface area contributed by atoms with E-state index in [0.29, 0.717) is 46.4 Å². The number of carbonyl (C=O) groups excluding carboxylic acids is 2. The van der Waals surface area contributed by atoms with Crippen molar-refractivity contribution in [2.75, 3.05) is 34.5 Å². The third-order valence-electron chi connectivity index (χ3n) is 5.60. The van der Waals surface area contributed by atoms with Gasteiger partial charge in [-0.3, -0.25) is 5.43 Å². The van der Waals surface area contributed by atoms with E-state index >= 15 is 0 Å². The molecule has 210 valence electrons. The zero-order valence-corrected chi connectivity index (χ0v) is 23.7. The number of amides is 2. The van der Waals surface area contributed by atoms with Crippen LogP contribution >= 0.6 is 15.9 Å². The molecule has 12 nitrogen and oxygen atoms in total. The van der Waals surface area contributed by atoms with Gasteiger partial charge in [0, 0.05) is 15.7 Å². The Morgan fingerprint density at radius 2 is 1.85 bits per heavy atom. The highest BCUT2D eigenvalue weighted by atomic mass is 79.9. The lowest BCUT2D eigenvalue weighted by Crippen LogP contribution is -2.45. The van der Waals surface area contributed by atoms with Gasteiger partial charge in [-0.2, -0.15) is 5.10 Å². The minimum absolute atomic E-state index is 0.152. The molecule has 3 rings (SSSR count). The highest BCUT2D eigenvalue weighted by molar-refractivity contribution is 9.10. The molecule has 1 aliphatic heterocycles. The van der Waals surface area contributed by atoms with E-state index < -0.39 is 24.3 Å². The van der Waals surface area contributed by atoms with Crippen molar-refractivity contribution in [2.24, 2.45) is 5.10 Å². The Morgan fingerprint density at radius 1 is 1.13 bits per heavy atom. The van der Waals surface area contributed by atoms with Crippen LogP contribution in [0.4, 0.5) is 4.79 Å². The first-order valence-corrected chi connectivity index (χ1v) is 12.7. The minimum Gasteiger partial charge on any atom is -0.493 e. The van der Waals surface area contributed by atoms with Crippen LogP contribution in [0.5, 0.6) is 23.0 Å². The maximum atomic E-state index is 12.4. The number of aliphatic hydroxyl groups is 1. The van der Waals surface area contributed by atoms with E-state index in [4.69, 9.17) is 23.7 Å². The number of esters is 1. The van der Waals surface area contributed by atoms with E-state index in [2.05, 4.69) is 37.1 Å². The van der Waals surface area contributed by atoms with Crippen molar-refractivity contribution in [1.82, 2.24) is 16.1 Å². The molecule has 0 radical (unpaired) electrons. The van der Waals surface area contributed by atoms with Gasteiger partial charge < -0.3 is 39.4 Å². The SMILES string of the molecule is CCOc1cc([C@@H]2NC(=O)NC(C)=C2C(=O)OC)ccc1OC[C@H](O)N/N=C\c1cc(OC)c(OC)cc1Br. The Kier molecular flexibility index (Phi) is 10.4. The summed E-state index contributed by atoms with van der Waals surface area (Å²) in [5.74, 6) is 1.25. The van der Waals surface area contributed by atoms with Crippen LogP contribution in [0.25, 0.3) is 0 Å². The van der Waals surface area contributed by atoms with E-state index in [1.54, 1.807) is 44.4 Å². The van der Waals surface area contributed by atoms with Crippen molar-refractivity contribution < 1.29 is 38.4 Å². The topological polar surface area (TPSA) is 149 Å². The Morgan fingerprint density at radius 3 is 2.51 bits per heavy atom. The summed E-state index contributed by atoms with van der Waals surface area (Å²) in [7, 11) is 4.35. The fourth-order valence-electron chi connectivity index (χ4n) is 3.78. The van der Waals surface area contributed by atoms with Crippen LogP contribution in [-0.2, 0) is 9.53 Å². The number of ether oxygens (including phenoxy) is 5. The van der Waals surface area contributed by atoms with E-state index in [1.807, 2.05) is 6.92 Å². The lowest BCUT2D eigenvalue weighted by Gasteiger charge is -2.28. The maximum Gasteiger partial charge on any atom is 0.337 e. The first-order chi connectivity index (χ1) is 18.7. The first-order valence-electron chi connectivity index (χ1n) is 11.9. The molecule has 2 amide bonds. The fraction of sp³-hybridized carbons (Fsp3) is 0.346. The Labute approximate surface area is 234 Å². The van der Waals surface area contributed by atoms with Crippen LogP contribution < -0.4 is 35.0 Å². The number of hydrazone groups is 1.